The van der Waals surface area contributed by atoms with E-state index in [0.717, 1.165) is 88.7 Å². The van der Waals surface area contributed by atoms with Crippen molar-refractivity contribution >= 4 is 71.6 Å². The van der Waals surface area contributed by atoms with Gasteiger partial charge in [0.1, 0.15) is 16.7 Å². The molecule has 10 aromatic carbocycles. The van der Waals surface area contributed by atoms with Crippen molar-refractivity contribution in [3.8, 4) is 44.8 Å². The van der Waals surface area contributed by atoms with Gasteiger partial charge in [-0.25, -0.2) is 4.98 Å². The Hall–Kier alpha value is -8.21. The van der Waals surface area contributed by atoms with Crippen molar-refractivity contribution in [3.05, 3.63) is 218 Å². The predicted molar refractivity (Wildman–Crippen MR) is 253 cm³/mol. The van der Waals surface area contributed by atoms with E-state index in [9.17, 15) is 0 Å². The van der Waals surface area contributed by atoms with E-state index in [0.29, 0.717) is 5.89 Å². The van der Waals surface area contributed by atoms with Gasteiger partial charge in [-0.15, -0.1) is 0 Å². The molecule has 0 radical (unpaired) electrons. The molecule has 12 rings (SSSR count). The van der Waals surface area contributed by atoms with Crippen LogP contribution in [-0.4, -0.2) is 4.98 Å². The molecule has 0 aliphatic heterocycles. The number of hydrogen-bond acceptors (Lipinski definition) is 4. The van der Waals surface area contributed by atoms with Crippen LogP contribution in [0.1, 0.15) is 0 Å². The number of aromatic nitrogens is 1. The van der Waals surface area contributed by atoms with E-state index in [1.165, 1.54) is 21.9 Å². The molecular formula is C57H36N2O2. The van der Waals surface area contributed by atoms with Crippen molar-refractivity contribution in [1.82, 2.24) is 4.98 Å². The Bertz CT molecular complexity index is 3570. The lowest BCUT2D eigenvalue weighted by atomic mass is 9.91. The highest BCUT2D eigenvalue weighted by Gasteiger charge is 2.21. The van der Waals surface area contributed by atoms with Crippen LogP contribution in [0.15, 0.2) is 227 Å². The number of rotatable bonds is 7. The van der Waals surface area contributed by atoms with Gasteiger partial charge in [-0.3, -0.25) is 0 Å². The Labute approximate surface area is 352 Å². The number of oxazole rings is 1. The minimum absolute atomic E-state index is 0.609. The zero-order valence-electron chi connectivity index (χ0n) is 33.0. The fourth-order valence-electron chi connectivity index (χ4n) is 9.07. The van der Waals surface area contributed by atoms with Crippen LogP contribution in [0.5, 0.6) is 0 Å². The van der Waals surface area contributed by atoms with Crippen LogP contribution >= 0.6 is 0 Å². The van der Waals surface area contributed by atoms with Crippen LogP contribution < -0.4 is 4.90 Å². The Kier molecular flexibility index (Phi) is 8.13. The van der Waals surface area contributed by atoms with Crippen LogP contribution in [0.4, 0.5) is 17.1 Å². The number of anilines is 3. The standard InChI is InChI=1S/C57H36N2O2/c1-4-15-37(16-5-1)38-27-30-42(31-28-38)59(41-19-8-3-9-20-41)51-34-33-46(44-21-10-12-23-47(44)51)50-36-54-55(48-24-13-11-22-45(48)50)49-32-29-40(35-53(49)60-54)43-25-14-26-52-56(43)58-57(61-52)39-17-6-2-7-18-39/h1-36H. The Morgan fingerprint density at radius 3 is 1.69 bits per heavy atom. The molecule has 2 heterocycles. The highest BCUT2D eigenvalue weighted by atomic mass is 16.3. The van der Waals surface area contributed by atoms with Gasteiger partial charge in [-0.1, -0.05) is 152 Å². The van der Waals surface area contributed by atoms with E-state index < -0.39 is 0 Å². The van der Waals surface area contributed by atoms with Gasteiger partial charge in [-0.2, -0.15) is 0 Å². The third kappa shape index (κ3) is 5.88. The molecule has 0 saturated carbocycles. The van der Waals surface area contributed by atoms with E-state index in [-0.39, 0.29) is 0 Å². The molecule has 0 saturated heterocycles. The molecule has 0 aliphatic rings. The number of furan rings is 1. The van der Waals surface area contributed by atoms with E-state index in [4.69, 9.17) is 13.8 Å². The Balaban J connectivity index is 1.000. The van der Waals surface area contributed by atoms with E-state index >= 15 is 0 Å². The van der Waals surface area contributed by atoms with E-state index in [1.807, 2.05) is 42.5 Å². The lowest BCUT2D eigenvalue weighted by molar-refractivity contribution is 0.620. The summed E-state index contributed by atoms with van der Waals surface area (Å²) in [6, 6.07) is 76.9. The number of para-hydroxylation sites is 2. The Morgan fingerprint density at radius 1 is 0.328 bits per heavy atom. The summed E-state index contributed by atoms with van der Waals surface area (Å²) in [5, 5.41) is 6.85. The first-order chi connectivity index (χ1) is 30.2. The molecule has 0 N–H and O–H groups in total. The number of fused-ring (bicyclic) bond motifs is 7. The molecule has 286 valence electrons. The molecule has 2 aromatic heterocycles. The molecule has 12 aromatic rings. The van der Waals surface area contributed by atoms with Crippen LogP contribution in [-0.2, 0) is 0 Å². The molecule has 0 spiro atoms. The Morgan fingerprint density at radius 2 is 0.934 bits per heavy atom. The zero-order valence-corrected chi connectivity index (χ0v) is 33.0. The van der Waals surface area contributed by atoms with Crippen molar-refractivity contribution in [2.45, 2.75) is 0 Å². The summed E-state index contributed by atoms with van der Waals surface area (Å²) in [6.45, 7) is 0. The summed E-state index contributed by atoms with van der Waals surface area (Å²) >= 11 is 0. The number of nitrogens with zero attached hydrogens (tertiary/aromatic N) is 2. The van der Waals surface area contributed by atoms with E-state index in [1.54, 1.807) is 0 Å². The van der Waals surface area contributed by atoms with Gasteiger partial charge in [0.25, 0.3) is 0 Å². The number of benzene rings is 10. The van der Waals surface area contributed by atoms with Gasteiger partial charge in [0.2, 0.25) is 5.89 Å². The van der Waals surface area contributed by atoms with Crippen molar-refractivity contribution in [3.63, 3.8) is 0 Å². The minimum Gasteiger partial charge on any atom is -0.456 e. The first-order valence-corrected chi connectivity index (χ1v) is 20.6. The molecule has 4 nitrogen and oxygen atoms in total. The SMILES string of the molecule is c1ccc(-c2ccc(N(c3ccccc3)c3ccc(-c4cc5oc6cc(-c7cccc8oc(-c9ccccc9)nc78)ccc6c5c5ccccc45)c4ccccc34)cc2)cc1. The third-order valence-electron chi connectivity index (χ3n) is 11.9. The molecule has 0 aliphatic carbocycles. The summed E-state index contributed by atoms with van der Waals surface area (Å²) in [5.74, 6) is 0.609. The molecule has 0 amide bonds. The van der Waals surface area contributed by atoms with Gasteiger partial charge in [0.15, 0.2) is 5.58 Å². The monoisotopic (exact) mass is 780 g/mol. The van der Waals surface area contributed by atoms with Crippen LogP contribution in [0.3, 0.4) is 0 Å². The van der Waals surface area contributed by atoms with Crippen molar-refractivity contribution in [1.29, 1.82) is 0 Å². The molecule has 61 heavy (non-hydrogen) atoms. The molecule has 0 fully saturated rings. The highest BCUT2D eigenvalue weighted by Crippen LogP contribution is 2.46. The normalized spacial score (nSPS) is 11.6. The molecule has 0 atom stereocenters. The average molecular weight is 781 g/mol. The first-order valence-electron chi connectivity index (χ1n) is 20.6. The second-order valence-corrected chi connectivity index (χ2v) is 15.5. The first kappa shape index (κ1) is 34.8. The largest absolute Gasteiger partial charge is 0.456 e. The lowest BCUT2D eigenvalue weighted by Crippen LogP contribution is -2.10. The second kappa shape index (κ2) is 14.3. The summed E-state index contributed by atoms with van der Waals surface area (Å²) in [6.07, 6.45) is 0. The van der Waals surface area contributed by atoms with Gasteiger partial charge in [0.05, 0.1) is 5.69 Å². The van der Waals surface area contributed by atoms with Crippen molar-refractivity contribution in [2.75, 3.05) is 4.90 Å². The molecular weight excluding hydrogens is 745 g/mol. The van der Waals surface area contributed by atoms with Gasteiger partial charge in [-0.05, 0) is 111 Å². The fraction of sp³-hybridized carbons (Fsp3) is 0. The van der Waals surface area contributed by atoms with Crippen LogP contribution in [0.25, 0.3) is 99.4 Å². The number of hydrogen-bond donors (Lipinski definition) is 0. The molecule has 4 heteroatoms. The maximum atomic E-state index is 6.85. The highest BCUT2D eigenvalue weighted by molar-refractivity contribution is 6.24. The summed E-state index contributed by atoms with van der Waals surface area (Å²) in [4.78, 5) is 7.32. The maximum absolute atomic E-state index is 6.85. The van der Waals surface area contributed by atoms with Gasteiger partial charge in [0, 0.05) is 38.7 Å². The van der Waals surface area contributed by atoms with Crippen molar-refractivity contribution < 1.29 is 8.83 Å². The third-order valence-corrected chi connectivity index (χ3v) is 11.9. The zero-order chi connectivity index (χ0) is 40.3. The molecule has 0 bridgehead atoms. The van der Waals surface area contributed by atoms with Gasteiger partial charge >= 0.3 is 0 Å². The quantitative estimate of drug-likeness (QED) is 0.162. The molecule has 0 unspecified atom stereocenters. The van der Waals surface area contributed by atoms with Crippen LogP contribution in [0.2, 0.25) is 0 Å². The van der Waals surface area contributed by atoms with Crippen LogP contribution in [0, 0.1) is 0 Å². The van der Waals surface area contributed by atoms with Gasteiger partial charge < -0.3 is 13.7 Å². The summed E-state index contributed by atoms with van der Waals surface area (Å²) in [5.41, 5.74) is 14.2. The topological polar surface area (TPSA) is 42.4 Å². The second-order valence-electron chi connectivity index (χ2n) is 15.5. The fourth-order valence-corrected chi connectivity index (χ4v) is 9.07. The summed E-state index contributed by atoms with van der Waals surface area (Å²) < 4.78 is 13.1. The average Bonchev–Trinajstić information content (AvgIpc) is 3.95. The van der Waals surface area contributed by atoms with E-state index in [2.05, 4.69) is 181 Å². The van der Waals surface area contributed by atoms with Crippen molar-refractivity contribution in [2.24, 2.45) is 0 Å². The summed E-state index contributed by atoms with van der Waals surface area (Å²) in [7, 11) is 0. The smallest absolute Gasteiger partial charge is 0.227 e. The maximum Gasteiger partial charge on any atom is 0.227 e. The minimum atomic E-state index is 0.609. The predicted octanol–water partition coefficient (Wildman–Crippen LogP) is 16.2. The lowest BCUT2D eigenvalue weighted by Gasteiger charge is -2.27.